The number of nitrogens with zero attached hydrogens (tertiary/aromatic N) is 2. The van der Waals surface area contributed by atoms with Gasteiger partial charge in [0.2, 0.25) is 0 Å². The molecule has 112 valence electrons. The predicted octanol–water partition coefficient (Wildman–Crippen LogP) is 3.18. The SMILES string of the molecule is Cc1ccc(Cn2c3c(c4cccnc42)CCNC3)c(F)c1. The minimum absolute atomic E-state index is 0.143. The van der Waals surface area contributed by atoms with Crippen molar-refractivity contribution in [2.24, 2.45) is 0 Å². The van der Waals surface area contributed by atoms with Crippen LogP contribution in [0.1, 0.15) is 22.4 Å². The van der Waals surface area contributed by atoms with Gasteiger partial charge in [0.15, 0.2) is 0 Å². The molecule has 0 saturated carbocycles. The van der Waals surface area contributed by atoms with Gasteiger partial charge in [-0.05, 0) is 49.2 Å². The lowest BCUT2D eigenvalue weighted by Gasteiger charge is -2.17. The molecule has 3 nitrogen and oxygen atoms in total. The summed E-state index contributed by atoms with van der Waals surface area (Å²) < 4.78 is 16.4. The van der Waals surface area contributed by atoms with Crippen molar-refractivity contribution < 1.29 is 4.39 Å². The minimum atomic E-state index is -0.143. The lowest BCUT2D eigenvalue weighted by atomic mass is 10.1. The molecule has 0 atom stereocenters. The quantitative estimate of drug-likeness (QED) is 0.787. The van der Waals surface area contributed by atoms with E-state index in [1.54, 1.807) is 6.07 Å². The lowest BCUT2D eigenvalue weighted by molar-refractivity contribution is 0.577. The van der Waals surface area contributed by atoms with Gasteiger partial charge in [-0.25, -0.2) is 9.37 Å². The van der Waals surface area contributed by atoms with Gasteiger partial charge in [0.25, 0.3) is 0 Å². The summed E-state index contributed by atoms with van der Waals surface area (Å²) in [5, 5.41) is 4.61. The van der Waals surface area contributed by atoms with Gasteiger partial charge >= 0.3 is 0 Å². The maximum absolute atomic E-state index is 14.2. The summed E-state index contributed by atoms with van der Waals surface area (Å²) in [5.74, 6) is -0.143. The molecule has 0 fully saturated rings. The number of aryl methyl sites for hydroxylation is 1. The van der Waals surface area contributed by atoms with E-state index in [0.29, 0.717) is 12.1 Å². The molecule has 1 aliphatic rings. The van der Waals surface area contributed by atoms with Gasteiger partial charge < -0.3 is 9.88 Å². The van der Waals surface area contributed by atoms with Crippen LogP contribution in [-0.2, 0) is 19.5 Å². The van der Waals surface area contributed by atoms with E-state index < -0.39 is 0 Å². The van der Waals surface area contributed by atoms with Crippen LogP contribution in [0.4, 0.5) is 4.39 Å². The molecule has 4 rings (SSSR count). The molecule has 22 heavy (non-hydrogen) atoms. The van der Waals surface area contributed by atoms with Gasteiger partial charge in [-0.3, -0.25) is 0 Å². The summed E-state index contributed by atoms with van der Waals surface area (Å²) in [5.41, 5.74) is 5.20. The van der Waals surface area contributed by atoms with Crippen molar-refractivity contribution in [1.82, 2.24) is 14.9 Å². The summed E-state index contributed by atoms with van der Waals surface area (Å²) >= 11 is 0. The average Bonchev–Trinajstić information content (AvgIpc) is 2.85. The highest BCUT2D eigenvalue weighted by Crippen LogP contribution is 2.28. The molecular weight excluding hydrogens is 277 g/mol. The number of benzene rings is 1. The Hall–Kier alpha value is -2.20. The van der Waals surface area contributed by atoms with Gasteiger partial charge in [-0.2, -0.15) is 0 Å². The number of rotatable bonds is 2. The number of pyridine rings is 1. The second kappa shape index (κ2) is 5.21. The normalized spacial score (nSPS) is 14.3. The molecule has 0 radical (unpaired) electrons. The molecule has 4 heteroatoms. The van der Waals surface area contributed by atoms with Gasteiger partial charge in [0.1, 0.15) is 11.5 Å². The van der Waals surface area contributed by atoms with Crippen LogP contribution in [0.5, 0.6) is 0 Å². The summed E-state index contributed by atoms with van der Waals surface area (Å²) in [4.78, 5) is 4.54. The van der Waals surface area contributed by atoms with Crippen LogP contribution >= 0.6 is 0 Å². The van der Waals surface area contributed by atoms with Crippen molar-refractivity contribution in [1.29, 1.82) is 0 Å². The Morgan fingerprint density at radius 3 is 3.09 bits per heavy atom. The molecular formula is C18H18FN3. The highest BCUT2D eigenvalue weighted by molar-refractivity contribution is 5.82. The molecule has 1 N–H and O–H groups in total. The zero-order valence-corrected chi connectivity index (χ0v) is 12.6. The predicted molar refractivity (Wildman–Crippen MR) is 85.4 cm³/mol. The van der Waals surface area contributed by atoms with Crippen LogP contribution in [-0.4, -0.2) is 16.1 Å². The van der Waals surface area contributed by atoms with Crippen molar-refractivity contribution in [3.05, 3.63) is 64.7 Å². The molecule has 0 saturated heterocycles. The number of hydrogen-bond donors (Lipinski definition) is 1. The number of aromatic nitrogens is 2. The first-order valence-corrected chi connectivity index (χ1v) is 7.65. The topological polar surface area (TPSA) is 29.9 Å². The van der Waals surface area contributed by atoms with Crippen LogP contribution in [0.15, 0.2) is 36.5 Å². The lowest BCUT2D eigenvalue weighted by Crippen LogP contribution is -2.25. The monoisotopic (exact) mass is 295 g/mol. The Bertz CT molecular complexity index is 851. The maximum Gasteiger partial charge on any atom is 0.140 e. The van der Waals surface area contributed by atoms with Crippen molar-refractivity contribution in [2.45, 2.75) is 26.4 Å². The van der Waals surface area contributed by atoms with Crippen LogP contribution < -0.4 is 5.32 Å². The van der Waals surface area contributed by atoms with Crippen LogP contribution in [0.3, 0.4) is 0 Å². The van der Waals surface area contributed by atoms with E-state index in [2.05, 4.69) is 20.9 Å². The third kappa shape index (κ3) is 2.11. The minimum Gasteiger partial charge on any atom is -0.324 e. The van der Waals surface area contributed by atoms with E-state index in [1.807, 2.05) is 31.3 Å². The Morgan fingerprint density at radius 1 is 1.32 bits per heavy atom. The summed E-state index contributed by atoms with van der Waals surface area (Å²) in [7, 11) is 0. The van der Waals surface area contributed by atoms with Gasteiger partial charge in [-0.1, -0.05) is 12.1 Å². The first kappa shape index (κ1) is 13.5. The standard InChI is InChI=1S/C18H18FN3/c1-12-4-5-13(16(19)9-12)11-22-17-10-20-8-6-14(17)15-3-2-7-21-18(15)22/h2-5,7,9,20H,6,8,10-11H2,1H3. The van der Waals surface area contributed by atoms with Gasteiger partial charge in [-0.15, -0.1) is 0 Å². The van der Waals surface area contributed by atoms with E-state index >= 15 is 0 Å². The van der Waals surface area contributed by atoms with Gasteiger partial charge in [0, 0.05) is 29.4 Å². The fraction of sp³-hybridized carbons (Fsp3) is 0.278. The Morgan fingerprint density at radius 2 is 2.23 bits per heavy atom. The smallest absolute Gasteiger partial charge is 0.140 e. The van der Waals surface area contributed by atoms with E-state index in [0.717, 1.165) is 30.7 Å². The largest absolute Gasteiger partial charge is 0.324 e. The molecule has 3 heterocycles. The maximum atomic E-state index is 14.2. The van der Waals surface area contributed by atoms with Gasteiger partial charge in [0.05, 0.1) is 6.54 Å². The number of nitrogens with one attached hydrogen (secondary N) is 1. The second-order valence-electron chi connectivity index (χ2n) is 5.91. The molecule has 0 unspecified atom stereocenters. The fourth-order valence-corrected chi connectivity index (χ4v) is 3.32. The summed E-state index contributed by atoms with van der Waals surface area (Å²) in [6.07, 6.45) is 2.81. The van der Waals surface area contributed by atoms with Crippen molar-refractivity contribution >= 4 is 11.0 Å². The average molecular weight is 295 g/mol. The molecule has 3 aromatic rings. The van der Waals surface area contributed by atoms with Crippen molar-refractivity contribution in [3.8, 4) is 0 Å². The third-order valence-electron chi connectivity index (χ3n) is 4.42. The Labute approximate surface area is 128 Å². The first-order valence-electron chi connectivity index (χ1n) is 7.65. The van der Waals surface area contributed by atoms with Crippen LogP contribution in [0, 0.1) is 12.7 Å². The van der Waals surface area contributed by atoms with E-state index in [-0.39, 0.29) is 5.82 Å². The number of fused-ring (bicyclic) bond motifs is 3. The van der Waals surface area contributed by atoms with E-state index in [9.17, 15) is 4.39 Å². The molecule has 0 amide bonds. The molecule has 1 aromatic carbocycles. The molecule has 2 aromatic heterocycles. The van der Waals surface area contributed by atoms with Crippen molar-refractivity contribution in [3.63, 3.8) is 0 Å². The van der Waals surface area contributed by atoms with Crippen molar-refractivity contribution in [2.75, 3.05) is 6.54 Å². The summed E-state index contributed by atoms with van der Waals surface area (Å²) in [6, 6.07) is 9.53. The molecule has 0 bridgehead atoms. The first-order chi connectivity index (χ1) is 10.7. The zero-order valence-electron chi connectivity index (χ0n) is 12.6. The Kier molecular flexibility index (Phi) is 3.19. The van der Waals surface area contributed by atoms with Crippen LogP contribution in [0.25, 0.3) is 11.0 Å². The van der Waals surface area contributed by atoms with E-state index in [1.165, 1.54) is 16.6 Å². The third-order valence-corrected chi connectivity index (χ3v) is 4.42. The molecule has 1 aliphatic heterocycles. The highest BCUT2D eigenvalue weighted by atomic mass is 19.1. The zero-order chi connectivity index (χ0) is 15.1. The second-order valence-corrected chi connectivity index (χ2v) is 5.91. The van der Waals surface area contributed by atoms with E-state index in [4.69, 9.17) is 0 Å². The number of halogens is 1. The molecule has 0 spiro atoms. The van der Waals surface area contributed by atoms with Crippen LogP contribution in [0.2, 0.25) is 0 Å². The highest BCUT2D eigenvalue weighted by Gasteiger charge is 2.20. The number of hydrogen-bond acceptors (Lipinski definition) is 2. The Balaban J connectivity index is 1.87. The fourth-order valence-electron chi connectivity index (χ4n) is 3.32. The summed E-state index contributed by atoms with van der Waals surface area (Å²) in [6.45, 7) is 4.24. The molecule has 0 aliphatic carbocycles.